The molecule has 0 aliphatic heterocycles. The summed E-state index contributed by atoms with van der Waals surface area (Å²) in [6.07, 6.45) is 0.575. The number of benzene rings is 1. The molecule has 0 atom stereocenters. The Morgan fingerprint density at radius 2 is 2.25 bits per heavy atom. The van der Waals surface area contributed by atoms with E-state index in [0.29, 0.717) is 27.4 Å². The van der Waals surface area contributed by atoms with Crippen LogP contribution in [0.25, 0.3) is 10.6 Å². The van der Waals surface area contributed by atoms with E-state index in [1.165, 1.54) is 6.07 Å². The number of nitrogens with zero attached hydrogens (tertiary/aromatic N) is 1. The zero-order chi connectivity index (χ0) is 14.7. The number of para-hydroxylation sites is 1. The summed E-state index contributed by atoms with van der Waals surface area (Å²) in [5.41, 5.74) is 1.16. The van der Waals surface area contributed by atoms with E-state index in [-0.39, 0.29) is 17.9 Å². The van der Waals surface area contributed by atoms with Crippen molar-refractivity contribution in [1.82, 2.24) is 4.98 Å². The fraction of sp³-hybridized carbons (Fsp3) is 0.214. The molecule has 0 aliphatic carbocycles. The quantitative estimate of drug-likeness (QED) is 0.692. The van der Waals surface area contributed by atoms with Crippen LogP contribution in [-0.2, 0) is 4.74 Å². The van der Waals surface area contributed by atoms with E-state index in [0.717, 1.165) is 11.3 Å². The van der Waals surface area contributed by atoms with Gasteiger partial charge in [0, 0.05) is 0 Å². The molecule has 6 heteroatoms. The summed E-state index contributed by atoms with van der Waals surface area (Å²) in [6.45, 7) is 3.72. The van der Waals surface area contributed by atoms with Crippen LogP contribution in [0.4, 0.5) is 0 Å². The van der Waals surface area contributed by atoms with E-state index in [2.05, 4.69) is 4.98 Å². The van der Waals surface area contributed by atoms with E-state index >= 15 is 0 Å². The Morgan fingerprint density at radius 1 is 1.50 bits per heavy atom. The molecule has 20 heavy (non-hydrogen) atoms. The van der Waals surface area contributed by atoms with Crippen LogP contribution in [0.1, 0.15) is 32.6 Å². The van der Waals surface area contributed by atoms with Gasteiger partial charge in [0.15, 0.2) is 6.29 Å². The molecule has 0 fully saturated rings. The monoisotopic (exact) mass is 291 g/mol. The van der Waals surface area contributed by atoms with Gasteiger partial charge < -0.3 is 9.84 Å². The third-order valence-corrected chi connectivity index (χ3v) is 3.85. The second-order valence-corrected chi connectivity index (χ2v) is 5.01. The third-order valence-electron chi connectivity index (χ3n) is 2.68. The second kappa shape index (κ2) is 5.83. The molecular weight excluding hydrogens is 278 g/mol. The lowest BCUT2D eigenvalue weighted by Crippen LogP contribution is -2.03. The highest BCUT2D eigenvalue weighted by Crippen LogP contribution is 2.35. The van der Waals surface area contributed by atoms with Gasteiger partial charge in [0.05, 0.1) is 23.4 Å². The van der Waals surface area contributed by atoms with E-state index < -0.39 is 5.97 Å². The van der Waals surface area contributed by atoms with Crippen molar-refractivity contribution in [3.05, 3.63) is 34.3 Å². The molecule has 1 aromatic carbocycles. The molecule has 0 spiro atoms. The number of phenolic OH excluding ortho intramolecular Hbond substituents is 1. The lowest BCUT2D eigenvalue weighted by atomic mass is 10.1. The summed E-state index contributed by atoms with van der Waals surface area (Å²) in [5.74, 6) is -0.563. The molecule has 104 valence electrons. The highest BCUT2D eigenvalue weighted by molar-refractivity contribution is 7.17. The molecule has 0 saturated carbocycles. The van der Waals surface area contributed by atoms with Crippen molar-refractivity contribution in [3.63, 3.8) is 0 Å². The zero-order valence-electron chi connectivity index (χ0n) is 11.0. The van der Waals surface area contributed by atoms with E-state index in [9.17, 15) is 14.7 Å². The first-order valence-electron chi connectivity index (χ1n) is 6.00. The number of thiazole rings is 1. The molecule has 1 heterocycles. The summed E-state index contributed by atoms with van der Waals surface area (Å²) >= 11 is 1.13. The average Bonchev–Trinajstić information content (AvgIpc) is 2.81. The molecule has 0 radical (unpaired) electrons. The van der Waals surface area contributed by atoms with Crippen molar-refractivity contribution < 1.29 is 19.4 Å². The van der Waals surface area contributed by atoms with Gasteiger partial charge in [-0.05, 0) is 26.0 Å². The molecule has 0 unspecified atom stereocenters. The lowest BCUT2D eigenvalue weighted by Gasteiger charge is -2.02. The molecule has 2 aromatic rings. The van der Waals surface area contributed by atoms with Gasteiger partial charge in [0.25, 0.3) is 0 Å². The standard InChI is InChI=1S/C14H13NO4S/c1-3-19-14(18)12-8(2)15-13(20-12)10-6-4-5-9(7-16)11(10)17/h4-7,17H,3H2,1-2H3. The normalized spacial score (nSPS) is 10.3. The molecule has 5 nitrogen and oxygen atoms in total. The predicted molar refractivity (Wildman–Crippen MR) is 75.3 cm³/mol. The molecule has 0 amide bonds. The van der Waals surface area contributed by atoms with Crippen molar-refractivity contribution in [2.75, 3.05) is 6.61 Å². The number of aryl methyl sites for hydroxylation is 1. The van der Waals surface area contributed by atoms with Gasteiger partial charge in [-0.2, -0.15) is 0 Å². The summed E-state index contributed by atoms with van der Waals surface area (Å²) in [6, 6.07) is 4.81. The van der Waals surface area contributed by atoms with Crippen molar-refractivity contribution in [3.8, 4) is 16.3 Å². The number of aldehydes is 1. The van der Waals surface area contributed by atoms with Crippen molar-refractivity contribution in [1.29, 1.82) is 0 Å². The van der Waals surface area contributed by atoms with Gasteiger partial charge >= 0.3 is 5.97 Å². The smallest absolute Gasteiger partial charge is 0.350 e. The number of phenols is 1. The Labute approximate surface area is 119 Å². The Bertz CT molecular complexity index is 663. The van der Waals surface area contributed by atoms with Crippen LogP contribution in [0.15, 0.2) is 18.2 Å². The van der Waals surface area contributed by atoms with E-state index in [1.807, 2.05) is 0 Å². The second-order valence-electron chi connectivity index (χ2n) is 4.02. The summed E-state index contributed by atoms with van der Waals surface area (Å²) < 4.78 is 4.95. The van der Waals surface area contributed by atoms with Gasteiger partial charge in [-0.25, -0.2) is 9.78 Å². The maximum absolute atomic E-state index is 11.7. The third kappa shape index (κ3) is 2.55. The maximum Gasteiger partial charge on any atom is 0.350 e. The first kappa shape index (κ1) is 14.2. The molecular formula is C14H13NO4S. The van der Waals surface area contributed by atoms with Crippen molar-refractivity contribution in [2.24, 2.45) is 0 Å². The Balaban J connectivity index is 2.47. The van der Waals surface area contributed by atoms with E-state index in [1.54, 1.807) is 26.0 Å². The Kier molecular flexibility index (Phi) is 4.14. The molecule has 2 rings (SSSR count). The van der Waals surface area contributed by atoms with Gasteiger partial charge in [0.1, 0.15) is 15.6 Å². The minimum atomic E-state index is -0.431. The molecule has 1 aromatic heterocycles. The minimum absolute atomic E-state index is 0.133. The SMILES string of the molecule is CCOC(=O)c1sc(-c2cccc(C=O)c2O)nc1C. The predicted octanol–water partition coefficient (Wildman–Crippen LogP) is 2.81. The highest BCUT2D eigenvalue weighted by atomic mass is 32.1. The number of esters is 1. The summed E-state index contributed by atoms with van der Waals surface area (Å²) in [7, 11) is 0. The lowest BCUT2D eigenvalue weighted by molar-refractivity contribution is 0.0531. The van der Waals surface area contributed by atoms with E-state index in [4.69, 9.17) is 4.74 Å². The first-order chi connectivity index (χ1) is 9.58. The minimum Gasteiger partial charge on any atom is -0.506 e. The van der Waals surface area contributed by atoms with Gasteiger partial charge in [-0.15, -0.1) is 11.3 Å². The maximum atomic E-state index is 11.7. The van der Waals surface area contributed by atoms with Gasteiger partial charge in [-0.1, -0.05) is 6.07 Å². The average molecular weight is 291 g/mol. The number of ether oxygens (including phenoxy) is 1. The van der Waals surface area contributed by atoms with Gasteiger partial charge in [0.2, 0.25) is 0 Å². The number of carbonyl (C=O) groups excluding carboxylic acids is 2. The Morgan fingerprint density at radius 3 is 2.90 bits per heavy atom. The Hall–Kier alpha value is -2.21. The van der Waals surface area contributed by atoms with Gasteiger partial charge in [-0.3, -0.25) is 4.79 Å². The highest BCUT2D eigenvalue weighted by Gasteiger charge is 2.19. The van der Waals surface area contributed by atoms with Crippen molar-refractivity contribution in [2.45, 2.75) is 13.8 Å². The fourth-order valence-corrected chi connectivity index (χ4v) is 2.71. The number of hydrogen-bond acceptors (Lipinski definition) is 6. The number of aromatic nitrogens is 1. The molecule has 0 saturated heterocycles. The summed E-state index contributed by atoms with van der Waals surface area (Å²) in [5, 5.41) is 10.5. The zero-order valence-corrected chi connectivity index (χ0v) is 11.9. The van der Waals surface area contributed by atoms with Crippen LogP contribution in [-0.4, -0.2) is 29.0 Å². The van der Waals surface area contributed by atoms with Crippen LogP contribution in [0.5, 0.6) is 5.75 Å². The van der Waals surface area contributed by atoms with Crippen LogP contribution < -0.4 is 0 Å². The first-order valence-corrected chi connectivity index (χ1v) is 6.82. The van der Waals surface area contributed by atoms with Crippen molar-refractivity contribution >= 4 is 23.6 Å². The van der Waals surface area contributed by atoms with Crippen LogP contribution in [0.2, 0.25) is 0 Å². The van der Waals surface area contributed by atoms with Crippen LogP contribution in [0, 0.1) is 6.92 Å². The number of hydrogen-bond donors (Lipinski definition) is 1. The fourth-order valence-electron chi connectivity index (χ4n) is 1.73. The molecule has 0 aliphatic rings. The largest absolute Gasteiger partial charge is 0.506 e. The summed E-state index contributed by atoms with van der Waals surface area (Å²) in [4.78, 5) is 27.2. The number of carbonyl (C=O) groups is 2. The molecule has 0 bridgehead atoms. The topological polar surface area (TPSA) is 76.5 Å². The van der Waals surface area contributed by atoms with Crippen LogP contribution >= 0.6 is 11.3 Å². The van der Waals surface area contributed by atoms with Crippen LogP contribution in [0.3, 0.4) is 0 Å². The molecule has 1 N–H and O–H groups in total. The number of aromatic hydroxyl groups is 1. The number of rotatable bonds is 4.